The lowest BCUT2D eigenvalue weighted by Crippen LogP contribution is -2.53. The quantitative estimate of drug-likeness (QED) is 0.420. The van der Waals surface area contributed by atoms with E-state index in [-0.39, 0.29) is 36.7 Å². The average molecular weight is 614 g/mol. The van der Waals surface area contributed by atoms with Gasteiger partial charge in [0.15, 0.2) is 15.5 Å². The number of hydrogen-bond donors (Lipinski definition) is 2. The Hall–Kier alpha value is -2.80. The van der Waals surface area contributed by atoms with Crippen molar-refractivity contribution in [1.29, 1.82) is 0 Å². The molecule has 218 valence electrons. The fourth-order valence-electron chi connectivity index (χ4n) is 4.21. The summed E-state index contributed by atoms with van der Waals surface area (Å²) in [4.78, 5) is 25.1. The minimum atomic E-state index is -4.13. The number of hydrogen-bond acceptors (Lipinski definition) is 6. The maximum Gasteiger partial charge on any atom is 0.258 e. The summed E-state index contributed by atoms with van der Waals surface area (Å²) in [6.45, 7) is 3.44. The number of carbonyl (C=O) groups is 2. The maximum absolute atomic E-state index is 15.5. The van der Waals surface area contributed by atoms with Crippen LogP contribution in [0.15, 0.2) is 58.8 Å². The molecular weight excluding hydrogens is 581 g/mol. The number of benzene rings is 2. The summed E-state index contributed by atoms with van der Waals surface area (Å²) >= 11 is 6.21. The van der Waals surface area contributed by atoms with Crippen LogP contribution >= 0.6 is 11.6 Å². The molecule has 40 heavy (non-hydrogen) atoms. The van der Waals surface area contributed by atoms with E-state index < -0.39 is 37.5 Å². The molecule has 1 atom stereocenters. The Bertz CT molecular complexity index is 1500. The molecule has 0 unspecified atom stereocenters. The molecule has 0 radical (unpaired) electrons. The summed E-state index contributed by atoms with van der Waals surface area (Å²) in [6.07, 6.45) is 2.24. The molecule has 1 saturated heterocycles. The zero-order chi connectivity index (χ0) is 29.7. The number of piperidine rings is 1. The van der Waals surface area contributed by atoms with E-state index in [1.165, 1.54) is 31.2 Å². The molecule has 0 spiro atoms. The van der Waals surface area contributed by atoms with Crippen LogP contribution < -0.4 is 10.6 Å². The van der Waals surface area contributed by atoms with Gasteiger partial charge in [0.1, 0.15) is 0 Å². The van der Waals surface area contributed by atoms with E-state index in [2.05, 4.69) is 10.6 Å². The van der Waals surface area contributed by atoms with Gasteiger partial charge in [-0.3, -0.25) is 9.59 Å². The van der Waals surface area contributed by atoms with Gasteiger partial charge < -0.3 is 10.6 Å². The van der Waals surface area contributed by atoms with Crippen LogP contribution in [-0.2, 0) is 24.7 Å². The number of halogens is 2. The molecular formula is C27H33ClFN3O6S2. The topological polar surface area (TPSA) is 130 Å². The Morgan fingerprint density at radius 3 is 2.42 bits per heavy atom. The first kappa shape index (κ1) is 31.7. The maximum atomic E-state index is 15.5. The minimum Gasteiger partial charge on any atom is -0.352 e. The monoisotopic (exact) mass is 613 g/mol. The molecule has 1 heterocycles. The first-order valence-corrected chi connectivity index (χ1v) is 16.5. The number of amides is 2. The van der Waals surface area contributed by atoms with Crippen molar-refractivity contribution in [2.45, 2.75) is 49.7 Å². The zero-order valence-electron chi connectivity index (χ0n) is 22.5. The van der Waals surface area contributed by atoms with Crippen molar-refractivity contribution in [1.82, 2.24) is 14.9 Å². The number of sulfonamides is 1. The third-order valence-corrected chi connectivity index (χ3v) is 9.27. The second kappa shape index (κ2) is 12.8. The molecule has 9 nitrogen and oxygen atoms in total. The highest BCUT2D eigenvalue weighted by atomic mass is 35.5. The SMILES string of the molecule is CCCNC(=O)c1cccc(-c2cc(Cl)ccc2S(=O)(=O)N2CCC(F)(C(=O)N[C@@H](C)/C=C\S(C)(=O)=O)CC2)c1. The summed E-state index contributed by atoms with van der Waals surface area (Å²) in [5.41, 5.74) is -1.19. The van der Waals surface area contributed by atoms with Gasteiger partial charge in [0.25, 0.3) is 11.8 Å². The van der Waals surface area contributed by atoms with Gasteiger partial charge in [-0.1, -0.05) is 36.7 Å². The average Bonchev–Trinajstić information content (AvgIpc) is 2.90. The largest absolute Gasteiger partial charge is 0.352 e. The van der Waals surface area contributed by atoms with Crippen LogP contribution in [0.25, 0.3) is 11.1 Å². The molecule has 2 N–H and O–H groups in total. The normalized spacial score (nSPS) is 16.9. The van der Waals surface area contributed by atoms with E-state index in [0.717, 1.165) is 22.4 Å². The van der Waals surface area contributed by atoms with Crippen molar-refractivity contribution in [2.75, 3.05) is 25.9 Å². The number of rotatable bonds is 10. The third-order valence-electron chi connectivity index (χ3n) is 6.43. The van der Waals surface area contributed by atoms with Crippen LogP contribution in [0.3, 0.4) is 0 Å². The lowest BCUT2D eigenvalue weighted by Gasteiger charge is -2.35. The van der Waals surface area contributed by atoms with Crippen molar-refractivity contribution in [3.8, 4) is 11.1 Å². The smallest absolute Gasteiger partial charge is 0.258 e. The molecule has 0 saturated carbocycles. The van der Waals surface area contributed by atoms with Crippen molar-refractivity contribution in [3.05, 3.63) is 64.5 Å². The molecule has 1 aliphatic rings. The highest BCUT2D eigenvalue weighted by Gasteiger charge is 2.44. The molecule has 0 aromatic heterocycles. The van der Waals surface area contributed by atoms with E-state index in [0.29, 0.717) is 28.3 Å². The molecule has 0 bridgehead atoms. The van der Waals surface area contributed by atoms with E-state index >= 15 is 4.39 Å². The minimum absolute atomic E-state index is 0.0571. The van der Waals surface area contributed by atoms with E-state index in [9.17, 15) is 26.4 Å². The molecule has 2 aromatic rings. The Balaban J connectivity index is 1.82. The summed E-state index contributed by atoms with van der Waals surface area (Å²) in [6, 6.07) is 10.1. The number of carbonyl (C=O) groups excluding carboxylic acids is 2. The molecule has 0 aliphatic carbocycles. The second-order valence-corrected chi connectivity index (χ2v) is 14.0. The number of nitrogens with one attached hydrogen (secondary N) is 2. The van der Waals surface area contributed by atoms with Crippen LogP contribution in [0.4, 0.5) is 4.39 Å². The van der Waals surface area contributed by atoms with Gasteiger partial charge in [-0.15, -0.1) is 0 Å². The predicted octanol–water partition coefficient (Wildman–Crippen LogP) is 3.70. The lowest BCUT2D eigenvalue weighted by atomic mass is 9.93. The van der Waals surface area contributed by atoms with Crippen molar-refractivity contribution in [2.24, 2.45) is 0 Å². The van der Waals surface area contributed by atoms with Crippen molar-refractivity contribution < 1.29 is 30.8 Å². The highest BCUT2D eigenvalue weighted by molar-refractivity contribution is 7.93. The van der Waals surface area contributed by atoms with Crippen LogP contribution in [0.2, 0.25) is 5.02 Å². The van der Waals surface area contributed by atoms with E-state index in [1.54, 1.807) is 24.3 Å². The van der Waals surface area contributed by atoms with Gasteiger partial charge in [0, 0.05) is 66.3 Å². The van der Waals surface area contributed by atoms with Gasteiger partial charge in [0.05, 0.1) is 4.90 Å². The zero-order valence-corrected chi connectivity index (χ0v) is 24.9. The number of alkyl halides is 1. The van der Waals surface area contributed by atoms with Crippen LogP contribution in [-0.4, -0.2) is 70.6 Å². The summed E-state index contributed by atoms with van der Waals surface area (Å²) in [5, 5.41) is 6.44. The molecule has 1 fully saturated rings. The van der Waals surface area contributed by atoms with Crippen LogP contribution in [0, 0.1) is 0 Å². The Morgan fingerprint density at radius 2 is 1.80 bits per heavy atom. The summed E-state index contributed by atoms with van der Waals surface area (Å²) in [7, 11) is -7.54. The molecule has 2 aromatic carbocycles. The number of sulfone groups is 1. The van der Waals surface area contributed by atoms with E-state index in [4.69, 9.17) is 11.6 Å². The lowest BCUT2D eigenvalue weighted by molar-refractivity contribution is -0.135. The fraction of sp³-hybridized carbons (Fsp3) is 0.407. The Labute approximate surface area is 239 Å². The van der Waals surface area contributed by atoms with Crippen LogP contribution in [0.5, 0.6) is 0 Å². The van der Waals surface area contributed by atoms with Crippen molar-refractivity contribution in [3.63, 3.8) is 0 Å². The summed E-state index contributed by atoms with van der Waals surface area (Å²) < 4.78 is 66.6. The van der Waals surface area contributed by atoms with Gasteiger partial charge in [0.2, 0.25) is 10.0 Å². The molecule has 3 rings (SSSR count). The van der Waals surface area contributed by atoms with Gasteiger partial charge >= 0.3 is 0 Å². The number of nitrogens with zero attached hydrogens (tertiary/aromatic N) is 1. The first-order valence-electron chi connectivity index (χ1n) is 12.7. The predicted molar refractivity (Wildman–Crippen MR) is 153 cm³/mol. The van der Waals surface area contributed by atoms with Crippen LogP contribution in [0.1, 0.15) is 43.5 Å². The fourth-order valence-corrected chi connectivity index (χ4v) is 6.54. The Morgan fingerprint density at radius 1 is 1.12 bits per heavy atom. The van der Waals surface area contributed by atoms with Gasteiger partial charge in [-0.2, -0.15) is 4.31 Å². The van der Waals surface area contributed by atoms with Crippen molar-refractivity contribution >= 4 is 43.3 Å². The summed E-state index contributed by atoms with van der Waals surface area (Å²) in [5.74, 6) is -1.22. The molecule has 2 amide bonds. The van der Waals surface area contributed by atoms with E-state index in [1.807, 2.05) is 6.92 Å². The standard InChI is InChI=1S/C27H33ClFN3O6S2/c1-4-13-30-25(33)21-7-5-6-20(17-21)23-18-22(28)8-9-24(23)40(37,38)32-14-11-27(29,12-15-32)26(34)31-19(2)10-16-39(3,35)36/h5-10,16-19H,4,11-15H2,1-3H3,(H,30,33)(H,31,34)/b16-10-/t19-/m0/s1. The second-order valence-electron chi connectivity index (χ2n) is 9.77. The Kier molecular flexibility index (Phi) is 10.2. The van der Waals surface area contributed by atoms with Gasteiger partial charge in [-0.05, 0) is 49.2 Å². The van der Waals surface area contributed by atoms with Gasteiger partial charge in [-0.25, -0.2) is 21.2 Å². The first-order chi connectivity index (χ1) is 18.7. The highest BCUT2D eigenvalue weighted by Crippen LogP contribution is 2.35. The molecule has 1 aliphatic heterocycles. The molecule has 13 heteroatoms. The third kappa shape index (κ3) is 7.90.